The van der Waals surface area contributed by atoms with E-state index in [2.05, 4.69) is 0 Å². The van der Waals surface area contributed by atoms with Gasteiger partial charge in [0.2, 0.25) is 0 Å². The second-order valence-corrected chi connectivity index (χ2v) is 6.21. The van der Waals surface area contributed by atoms with E-state index < -0.39 is 17.9 Å². The van der Waals surface area contributed by atoms with Crippen LogP contribution in [0.25, 0.3) is 0 Å². The Morgan fingerprint density at radius 2 is 1.39 bits per heavy atom. The van der Waals surface area contributed by atoms with Gasteiger partial charge in [-0.1, -0.05) is 17.7 Å². The van der Waals surface area contributed by atoms with Gasteiger partial charge in [-0.2, -0.15) is 0 Å². The largest absolute Gasteiger partial charge is 0.460 e. The molecule has 6 heteroatoms. The van der Waals surface area contributed by atoms with Crippen LogP contribution in [0.4, 0.5) is 0 Å². The van der Waals surface area contributed by atoms with E-state index in [-0.39, 0.29) is 17.1 Å². The van der Waals surface area contributed by atoms with Gasteiger partial charge in [-0.25, -0.2) is 0 Å². The average Bonchev–Trinajstić information content (AvgIpc) is 3.21. The summed E-state index contributed by atoms with van der Waals surface area (Å²) in [5, 5.41) is 18.8. The van der Waals surface area contributed by atoms with E-state index in [4.69, 9.17) is 10.0 Å². The molecule has 0 unspecified atom stereocenters. The molecule has 2 aliphatic rings. The fourth-order valence-electron chi connectivity index (χ4n) is 1.91. The number of hydrogen-bond donors (Lipinski definition) is 2. The number of hydrogen-bond acceptors (Lipinski definition) is 3. The Labute approximate surface area is 153 Å². The van der Waals surface area contributed by atoms with Crippen molar-refractivity contribution < 1.29 is 31.3 Å². The predicted molar refractivity (Wildman–Crippen MR) is 88.7 cm³/mol. The van der Waals surface area contributed by atoms with Crippen LogP contribution in [-0.4, -0.2) is 21.4 Å². The maximum atomic E-state index is 12.2. The molecule has 0 spiro atoms. The minimum atomic E-state index is -1.59. The van der Waals surface area contributed by atoms with Crippen molar-refractivity contribution in [3.8, 4) is 0 Å². The van der Waals surface area contributed by atoms with Crippen molar-refractivity contribution >= 4 is 17.9 Å². The van der Waals surface area contributed by atoms with E-state index in [1.54, 1.807) is 31.4 Å². The number of aryl methyl sites for hydroxylation is 1. The fraction of sp³-hybridized carbons (Fsp3) is 0.0588. The van der Waals surface area contributed by atoms with Crippen molar-refractivity contribution in [2.45, 2.75) is 11.8 Å². The topological polar surface area (TPSA) is 57.5 Å². The van der Waals surface area contributed by atoms with E-state index in [9.17, 15) is 4.21 Å². The second kappa shape index (κ2) is 10.7. The molecule has 3 nitrogen and oxygen atoms in total. The monoisotopic (exact) mass is 368 g/mol. The summed E-state index contributed by atoms with van der Waals surface area (Å²) in [6, 6.07) is 7.33. The summed E-state index contributed by atoms with van der Waals surface area (Å²) in [5.74, 6) is 0.295. The summed E-state index contributed by atoms with van der Waals surface area (Å²) < 4.78 is 12.2. The molecule has 0 heterocycles. The van der Waals surface area contributed by atoms with Gasteiger partial charge in [0.05, 0.1) is 16.0 Å². The first-order chi connectivity index (χ1) is 10.6. The number of rotatable bonds is 3. The maximum Gasteiger partial charge on any atom is 0.460 e. The van der Waals surface area contributed by atoms with Crippen LogP contribution in [0, 0.1) is 69.4 Å². The molecule has 3 rings (SSSR count). The molecule has 0 aliphatic heterocycles. The van der Waals surface area contributed by atoms with Crippen LogP contribution in [-0.2, 0) is 27.9 Å². The smallest absolute Gasteiger partial charge is 0.427 e. The van der Waals surface area contributed by atoms with Crippen LogP contribution in [0.1, 0.15) is 5.56 Å². The van der Waals surface area contributed by atoms with E-state index in [1.165, 1.54) is 0 Å². The Kier molecular flexibility index (Phi) is 9.71. The zero-order valence-electron chi connectivity index (χ0n) is 12.6. The first kappa shape index (κ1) is 20.9. The van der Waals surface area contributed by atoms with Gasteiger partial charge in [0.25, 0.3) is 0 Å². The van der Waals surface area contributed by atoms with E-state index >= 15 is 0 Å². The molecule has 2 N–H and O–H groups in total. The SMILES string of the molecule is Cc1ccc([S@](=O)[C]2[CH][CH][CH][C]2B(O)O)cc1.[CH]1[CH][CH][CH][CH]1.[Fe]. The molecule has 1 atom stereocenters. The fourth-order valence-corrected chi connectivity index (χ4v) is 3.14. The Morgan fingerprint density at radius 1 is 0.870 bits per heavy atom. The van der Waals surface area contributed by atoms with Crippen LogP contribution in [0.15, 0.2) is 29.2 Å². The molecule has 0 bridgehead atoms. The van der Waals surface area contributed by atoms with Crippen molar-refractivity contribution in [2.24, 2.45) is 0 Å². The summed E-state index contributed by atoms with van der Waals surface area (Å²) in [6.45, 7) is 1.96. The first-order valence-electron chi connectivity index (χ1n) is 6.86. The van der Waals surface area contributed by atoms with Crippen molar-refractivity contribution in [1.29, 1.82) is 0 Å². The van der Waals surface area contributed by atoms with Crippen LogP contribution >= 0.6 is 0 Å². The van der Waals surface area contributed by atoms with Gasteiger partial charge in [0, 0.05) is 27.8 Å². The van der Waals surface area contributed by atoms with Gasteiger partial charge in [-0.3, -0.25) is 4.21 Å². The molecule has 1 aromatic rings. The third kappa shape index (κ3) is 6.35. The standard InChI is InChI=1S/C12H12BO3S.C5H5.Fe/c1-9-5-7-10(8-6-9)17(16)12-4-2-3-11(12)13(14)15;1-2-4-5-3-1;/h2-8,14-15H,1H3;1-5H;/t17-;;/m0../s1. The van der Waals surface area contributed by atoms with Crippen molar-refractivity contribution in [3.05, 3.63) is 92.3 Å². The van der Waals surface area contributed by atoms with Gasteiger partial charge >= 0.3 is 7.12 Å². The van der Waals surface area contributed by atoms with Gasteiger partial charge in [-0.15, -0.1) is 0 Å². The van der Waals surface area contributed by atoms with E-state index in [0.29, 0.717) is 16.0 Å². The van der Waals surface area contributed by atoms with Gasteiger partial charge < -0.3 is 10.0 Å². The van der Waals surface area contributed by atoms with Crippen LogP contribution in [0.2, 0.25) is 0 Å². The average molecular weight is 368 g/mol. The Morgan fingerprint density at radius 3 is 1.87 bits per heavy atom. The molecule has 23 heavy (non-hydrogen) atoms. The molecule has 2 saturated carbocycles. The van der Waals surface area contributed by atoms with Crippen molar-refractivity contribution in [2.75, 3.05) is 0 Å². The molecule has 0 amide bonds. The Bertz CT molecular complexity index is 470. The van der Waals surface area contributed by atoms with Gasteiger partial charge in [0.1, 0.15) is 0 Å². The summed E-state index contributed by atoms with van der Waals surface area (Å²) >= 11 is 0. The van der Waals surface area contributed by atoms with Gasteiger partial charge in [-0.05, 0) is 70.4 Å². The third-order valence-corrected chi connectivity index (χ3v) is 4.55. The molecule has 2 fully saturated rings. The first-order valence-corrected chi connectivity index (χ1v) is 8.01. The van der Waals surface area contributed by atoms with E-state index in [0.717, 1.165) is 5.56 Å². The summed E-state index contributed by atoms with van der Waals surface area (Å²) in [5.41, 5.74) is 1.09. The summed E-state index contributed by atoms with van der Waals surface area (Å²) in [4.78, 5) is 0.656. The zero-order chi connectivity index (χ0) is 15.9. The molecule has 0 saturated heterocycles. The van der Waals surface area contributed by atoms with Crippen molar-refractivity contribution in [1.82, 2.24) is 0 Å². The maximum absolute atomic E-state index is 12.2. The minimum absolute atomic E-state index is 0. The van der Waals surface area contributed by atoms with Crippen LogP contribution < -0.4 is 0 Å². The minimum Gasteiger partial charge on any atom is -0.427 e. The van der Waals surface area contributed by atoms with Crippen LogP contribution in [0.3, 0.4) is 0 Å². The normalized spacial score (nSPS) is 19.6. The molecule has 10 radical (unpaired) electrons. The molecule has 2 aliphatic carbocycles. The quantitative estimate of drug-likeness (QED) is 0.802. The van der Waals surface area contributed by atoms with Gasteiger partial charge in [0.15, 0.2) is 0 Å². The van der Waals surface area contributed by atoms with E-state index in [1.807, 2.05) is 51.2 Å². The molecular formula is C17H17BFeO3S. The Hall–Kier alpha value is -0.126. The Balaban J connectivity index is 0.000000377. The molecular weight excluding hydrogens is 351 g/mol. The molecule has 0 aromatic heterocycles. The third-order valence-electron chi connectivity index (χ3n) is 3.08. The van der Waals surface area contributed by atoms with Crippen molar-refractivity contribution in [3.63, 3.8) is 0 Å². The van der Waals surface area contributed by atoms with Crippen LogP contribution in [0.5, 0.6) is 0 Å². The molecule has 120 valence electrons. The zero-order valence-corrected chi connectivity index (χ0v) is 14.5. The predicted octanol–water partition coefficient (Wildman–Crippen LogP) is 1.87. The summed E-state index contributed by atoms with van der Waals surface area (Å²) in [6.07, 6.45) is 14.9. The summed E-state index contributed by atoms with van der Waals surface area (Å²) in [7, 11) is -2.96. The second-order valence-electron chi connectivity index (χ2n) is 4.76. The molecule has 1 aromatic carbocycles. The number of benzene rings is 1.